The third-order valence-corrected chi connectivity index (χ3v) is 3.22. The largest absolute Gasteiger partial charge is 0.449 e. The minimum atomic E-state index is -0.151. The highest BCUT2D eigenvalue weighted by atomic mass is 79.9. The van der Waals surface area contributed by atoms with Crippen molar-refractivity contribution < 1.29 is 9.53 Å². The van der Waals surface area contributed by atoms with E-state index in [9.17, 15) is 4.79 Å². The van der Waals surface area contributed by atoms with E-state index in [1.807, 2.05) is 13.8 Å². The Hall–Kier alpha value is -0.250. The van der Waals surface area contributed by atoms with E-state index in [0.29, 0.717) is 18.4 Å². The van der Waals surface area contributed by atoms with Crippen LogP contribution in [0.1, 0.15) is 20.3 Å². The summed E-state index contributed by atoms with van der Waals surface area (Å²) in [5, 5.41) is 0.973. The van der Waals surface area contributed by atoms with Crippen LogP contribution in [0.2, 0.25) is 0 Å². The summed E-state index contributed by atoms with van der Waals surface area (Å²) in [7, 11) is 0. The Morgan fingerprint density at radius 1 is 1.64 bits per heavy atom. The number of likely N-dealkylation sites (tertiary alicyclic amines) is 1. The lowest BCUT2D eigenvalue weighted by Crippen LogP contribution is -2.30. The smallest absolute Gasteiger partial charge is 0.409 e. The van der Waals surface area contributed by atoms with Gasteiger partial charge in [0.2, 0.25) is 0 Å². The third-order valence-electron chi connectivity index (χ3n) is 2.30. The van der Waals surface area contributed by atoms with E-state index in [4.69, 9.17) is 4.74 Å². The predicted octanol–water partition coefficient (Wildman–Crippen LogP) is 2.50. The molecular formula is C10H18BrNO2. The lowest BCUT2D eigenvalue weighted by molar-refractivity contribution is 0.0986. The molecule has 0 bridgehead atoms. The van der Waals surface area contributed by atoms with Crippen LogP contribution in [0.25, 0.3) is 0 Å². The summed E-state index contributed by atoms with van der Waals surface area (Å²) in [5.41, 5.74) is 0. The number of hydrogen-bond acceptors (Lipinski definition) is 2. The minimum absolute atomic E-state index is 0.151. The second-order valence-corrected chi connectivity index (χ2v) is 4.87. The second kappa shape index (κ2) is 5.59. The van der Waals surface area contributed by atoms with Crippen LogP contribution in [0.3, 0.4) is 0 Å². The fourth-order valence-corrected chi connectivity index (χ4v) is 1.98. The molecule has 1 heterocycles. The number of hydrogen-bond donors (Lipinski definition) is 0. The molecule has 0 aromatic carbocycles. The van der Waals surface area contributed by atoms with Gasteiger partial charge in [0.15, 0.2) is 0 Å². The first-order chi connectivity index (χ1) is 6.63. The summed E-state index contributed by atoms with van der Waals surface area (Å²) in [6.07, 6.45) is 0.935. The summed E-state index contributed by atoms with van der Waals surface area (Å²) in [6, 6.07) is 0. The summed E-state index contributed by atoms with van der Waals surface area (Å²) >= 11 is 3.44. The number of carbonyl (C=O) groups excluding carboxylic acids is 1. The first-order valence-corrected chi connectivity index (χ1v) is 6.23. The van der Waals surface area contributed by atoms with Crippen LogP contribution >= 0.6 is 15.9 Å². The molecule has 1 aliphatic rings. The molecule has 1 unspecified atom stereocenters. The molecule has 4 heteroatoms. The van der Waals surface area contributed by atoms with Gasteiger partial charge in [-0.3, -0.25) is 0 Å². The molecule has 1 atom stereocenters. The first-order valence-electron chi connectivity index (χ1n) is 5.11. The zero-order chi connectivity index (χ0) is 10.6. The van der Waals surface area contributed by atoms with Crippen molar-refractivity contribution in [2.75, 3.05) is 25.0 Å². The Balaban J connectivity index is 2.25. The topological polar surface area (TPSA) is 29.5 Å². The van der Waals surface area contributed by atoms with E-state index in [1.165, 1.54) is 0 Å². The van der Waals surface area contributed by atoms with Crippen LogP contribution in [0.15, 0.2) is 0 Å². The number of carbonyl (C=O) groups is 1. The van der Waals surface area contributed by atoms with Gasteiger partial charge in [-0.1, -0.05) is 29.8 Å². The van der Waals surface area contributed by atoms with Crippen molar-refractivity contribution in [3.8, 4) is 0 Å². The third kappa shape index (κ3) is 3.48. The van der Waals surface area contributed by atoms with E-state index in [-0.39, 0.29) is 6.09 Å². The first kappa shape index (κ1) is 11.8. The quantitative estimate of drug-likeness (QED) is 0.733. The average Bonchev–Trinajstić information content (AvgIpc) is 2.62. The highest BCUT2D eigenvalue weighted by Gasteiger charge is 2.26. The highest BCUT2D eigenvalue weighted by Crippen LogP contribution is 2.18. The van der Waals surface area contributed by atoms with Gasteiger partial charge in [0.05, 0.1) is 6.61 Å². The van der Waals surface area contributed by atoms with Gasteiger partial charge in [-0.2, -0.15) is 0 Å². The number of rotatable bonds is 3. The Morgan fingerprint density at radius 2 is 2.36 bits per heavy atom. The Labute approximate surface area is 93.9 Å². The van der Waals surface area contributed by atoms with Crippen LogP contribution < -0.4 is 0 Å². The van der Waals surface area contributed by atoms with Gasteiger partial charge >= 0.3 is 6.09 Å². The van der Waals surface area contributed by atoms with Gasteiger partial charge in [-0.25, -0.2) is 4.79 Å². The van der Waals surface area contributed by atoms with Crippen molar-refractivity contribution in [1.29, 1.82) is 0 Å². The van der Waals surface area contributed by atoms with Gasteiger partial charge in [-0.05, 0) is 18.3 Å². The van der Waals surface area contributed by atoms with Crippen molar-refractivity contribution in [2.45, 2.75) is 20.3 Å². The molecule has 0 saturated carbocycles. The molecule has 1 amide bonds. The molecule has 0 radical (unpaired) electrons. The normalized spacial score (nSPS) is 21.7. The molecule has 1 rings (SSSR count). The van der Waals surface area contributed by atoms with Crippen LogP contribution in [0.5, 0.6) is 0 Å². The van der Waals surface area contributed by atoms with Crippen molar-refractivity contribution >= 4 is 22.0 Å². The summed E-state index contributed by atoms with van der Waals surface area (Å²) < 4.78 is 5.15. The number of amides is 1. The van der Waals surface area contributed by atoms with Gasteiger partial charge in [0.1, 0.15) is 0 Å². The standard InChI is InChI=1S/C10H18BrNO2/c1-8(2)7-14-10(13)12-4-3-9(5-11)6-12/h8-9H,3-7H2,1-2H3. The Kier molecular flexibility index (Phi) is 4.72. The Bertz CT molecular complexity index is 197. The average molecular weight is 264 g/mol. The van der Waals surface area contributed by atoms with Gasteiger partial charge in [0, 0.05) is 18.4 Å². The second-order valence-electron chi connectivity index (χ2n) is 4.23. The molecule has 0 aliphatic carbocycles. The summed E-state index contributed by atoms with van der Waals surface area (Å²) in [4.78, 5) is 13.3. The maximum absolute atomic E-state index is 11.5. The van der Waals surface area contributed by atoms with Crippen molar-refractivity contribution in [1.82, 2.24) is 4.90 Å². The number of halogens is 1. The molecule has 0 aromatic rings. The van der Waals surface area contributed by atoms with E-state index >= 15 is 0 Å². The Morgan fingerprint density at radius 3 is 2.86 bits per heavy atom. The van der Waals surface area contributed by atoms with E-state index < -0.39 is 0 Å². The fraction of sp³-hybridized carbons (Fsp3) is 0.900. The molecule has 1 fully saturated rings. The number of nitrogens with zero attached hydrogens (tertiary/aromatic N) is 1. The lowest BCUT2D eigenvalue weighted by Gasteiger charge is -2.16. The van der Waals surface area contributed by atoms with E-state index in [2.05, 4.69) is 15.9 Å². The molecule has 0 spiro atoms. The fourth-order valence-electron chi connectivity index (χ4n) is 1.45. The molecule has 14 heavy (non-hydrogen) atoms. The highest BCUT2D eigenvalue weighted by molar-refractivity contribution is 9.09. The van der Waals surface area contributed by atoms with Crippen molar-refractivity contribution in [2.24, 2.45) is 11.8 Å². The maximum atomic E-state index is 11.5. The van der Waals surface area contributed by atoms with Crippen LogP contribution in [-0.2, 0) is 4.74 Å². The molecule has 0 N–H and O–H groups in total. The minimum Gasteiger partial charge on any atom is -0.449 e. The molecule has 1 saturated heterocycles. The van der Waals surface area contributed by atoms with Gasteiger partial charge in [-0.15, -0.1) is 0 Å². The van der Waals surface area contributed by atoms with Crippen molar-refractivity contribution in [3.63, 3.8) is 0 Å². The van der Waals surface area contributed by atoms with Crippen molar-refractivity contribution in [3.05, 3.63) is 0 Å². The number of ether oxygens (including phenoxy) is 1. The maximum Gasteiger partial charge on any atom is 0.409 e. The van der Waals surface area contributed by atoms with Crippen LogP contribution in [0.4, 0.5) is 4.79 Å². The molecule has 1 aliphatic heterocycles. The van der Waals surface area contributed by atoms with Crippen LogP contribution in [0, 0.1) is 11.8 Å². The molecule has 82 valence electrons. The summed E-state index contributed by atoms with van der Waals surface area (Å²) in [5.74, 6) is 1.01. The van der Waals surface area contributed by atoms with E-state index in [0.717, 1.165) is 24.8 Å². The molecular weight excluding hydrogens is 246 g/mol. The molecule has 3 nitrogen and oxygen atoms in total. The predicted molar refractivity (Wildman–Crippen MR) is 59.7 cm³/mol. The zero-order valence-corrected chi connectivity index (χ0v) is 10.4. The zero-order valence-electron chi connectivity index (χ0n) is 8.83. The number of alkyl halides is 1. The van der Waals surface area contributed by atoms with Gasteiger partial charge in [0.25, 0.3) is 0 Å². The van der Waals surface area contributed by atoms with Gasteiger partial charge < -0.3 is 9.64 Å². The SMILES string of the molecule is CC(C)COC(=O)N1CCC(CBr)C1. The van der Waals surface area contributed by atoms with E-state index in [1.54, 1.807) is 4.90 Å². The lowest BCUT2D eigenvalue weighted by atomic mass is 10.2. The monoisotopic (exact) mass is 263 g/mol. The summed E-state index contributed by atoms with van der Waals surface area (Å²) in [6.45, 7) is 6.28. The molecule has 0 aromatic heterocycles. The van der Waals surface area contributed by atoms with Crippen LogP contribution in [-0.4, -0.2) is 36.0 Å².